The molecule has 0 amide bonds. The number of hydrogen-bond acceptors (Lipinski definition) is 4. The predicted molar refractivity (Wildman–Crippen MR) is 72.9 cm³/mol. The highest BCUT2D eigenvalue weighted by molar-refractivity contribution is 5.56. The summed E-state index contributed by atoms with van der Waals surface area (Å²) in [7, 11) is 0. The van der Waals surface area contributed by atoms with Gasteiger partial charge in [-0.15, -0.1) is 0 Å². The fraction of sp³-hybridized carbons (Fsp3) is 0.286. The quantitative estimate of drug-likeness (QED) is 0.873. The SMILES string of the molecule is CCOc1cccc2c1Oc1[nH]c(=O)[nH]c(=O)c1C2C. The molecule has 2 N–H and O–H groups in total. The van der Waals surface area contributed by atoms with Crippen molar-refractivity contribution in [2.24, 2.45) is 0 Å². The van der Waals surface area contributed by atoms with Crippen LogP contribution in [0.5, 0.6) is 17.4 Å². The molecule has 1 unspecified atom stereocenters. The molecular formula is C14H14N2O4. The van der Waals surface area contributed by atoms with Crippen LogP contribution in [0.15, 0.2) is 27.8 Å². The van der Waals surface area contributed by atoms with Gasteiger partial charge in [0.1, 0.15) is 0 Å². The van der Waals surface area contributed by atoms with Gasteiger partial charge < -0.3 is 9.47 Å². The van der Waals surface area contributed by atoms with Gasteiger partial charge in [-0.2, -0.15) is 0 Å². The number of H-pyrrole nitrogens is 2. The summed E-state index contributed by atoms with van der Waals surface area (Å²) < 4.78 is 11.2. The van der Waals surface area contributed by atoms with E-state index in [4.69, 9.17) is 9.47 Å². The van der Waals surface area contributed by atoms with E-state index in [-0.39, 0.29) is 11.8 Å². The van der Waals surface area contributed by atoms with E-state index in [2.05, 4.69) is 9.97 Å². The Hall–Kier alpha value is -2.50. The lowest BCUT2D eigenvalue weighted by molar-refractivity contribution is 0.313. The molecule has 2 aromatic rings. The molecule has 20 heavy (non-hydrogen) atoms. The first kappa shape index (κ1) is 12.5. The van der Waals surface area contributed by atoms with Crippen LogP contribution in [0.4, 0.5) is 0 Å². The Balaban J connectivity index is 2.22. The van der Waals surface area contributed by atoms with E-state index < -0.39 is 11.2 Å². The molecule has 0 saturated carbocycles. The van der Waals surface area contributed by atoms with Gasteiger partial charge in [0.15, 0.2) is 11.5 Å². The number of aromatic amines is 2. The minimum absolute atomic E-state index is 0.185. The fourth-order valence-corrected chi connectivity index (χ4v) is 2.46. The molecule has 6 heteroatoms. The number of para-hydroxylation sites is 1. The molecule has 1 atom stereocenters. The predicted octanol–water partition coefficient (Wildman–Crippen LogP) is 1.72. The Morgan fingerprint density at radius 2 is 2.10 bits per heavy atom. The number of nitrogens with one attached hydrogen (secondary N) is 2. The summed E-state index contributed by atoms with van der Waals surface area (Å²) in [6.45, 7) is 4.28. The maximum Gasteiger partial charge on any atom is 0.328 e. The van der Waals surface area contributed by atoms with Crippen LogP contribution in [-0.4, -0.2) is 16.6 Å². The highest BCUT2D eigenvalue weighted by Crippen LogP contribution is 2.45. The second-order valence-electron chi connectivity index (χ2n) is 4.58. The first-order valence-electron chi connectivity index (χ1n) is 6.42. The monoisotopic (exact) mass is 274 g/mol. The van der Waals surface area contributed by atoms with Crippen LogP contribution in [0.2, 0.25) is 0 Å². The van der Waals surface area contributed by atoms with E-state index in [1.54, 1.807) is 6.07 Å². The molecule has 0 spiro atoms. The lowest BCUT2D eigenvalue weighted by Gasteiger charge is -2.25. The number of rotatable bonds is 2. The van der Waals surface area contributed by atoms with Crippen LogP contribution in [0.25, 0.3) is 0 Å². The van der Waals surface area contributed by atoms with E-state index in [0.29, 0.717) is 23.7 Å². The van der Waals surface area contributed by atoms with Gasteiger partial charge in [0.05, 0.1) is 12.2 Å². The molecule has 1 aromatic heterocycles. The Morgan fingerprint density at radius 3 is 2.85 bits per heavy atom. The third-order valence-corrected chi connectivity index (χ3v) is 3.36. The van der Waals surface area contributed by atoms with Gasteiger partial charge >= 0.3 is 5.69 Å². The van der Waals surface area contributed by atoms with Gasteiger partial charge in [-0.25, -0.2) is 4.79 Å². The summed E-state index contributed by atoms with van der Waals surface area (Å²) in [5, 5.41) is 0. The van der Waals surface area contributed by atoms with E-state index in [9.17, 15) is 9.59 Å². The molecule has 0 saturated heterocycles. The van der Waals surface area contributed by atoms with Crippen molar-refractivity contribution in [3.63, 3.8) is 0 Å². The summed E-state index contributed by atoms with van der Waals surface area (Å²) in [4.78, 5) is 28.0. The standard InChI is InChI=1S/C14H14N2O4/c1-3-19-9-6-4-5-8-7(2)10-12(17)15-14(18)16-13(10)20-11(8)9/h4-7H,3H2,1-2H3,(H2,15,16,17,18). The average Bonchev–Trinajstić information content (AvgIpc) is 2.39. The van der Waals surface area contributed by atoms with Crippen LogP contribution < -0.4 is 20.7 Å². The largest absolute Gasteiger partial charge is 0.490 e. The molecular weight excluding hydrogens is 260 g/mol. The molecule has 2 heterocycles. The lowest BCUT2D eigenvalue weighted by Crippen LogP contribution is -2.29. The molecule has 6 nitrogen and oxygen atoms in total. The van der Waals surface area contributed by atoms with E-state index >= 15 is 0 Å². The second-order valence-corrected chi connectivity index (χ2v) is 4.58. The Kier molecular flexibility index (Phi) is 2.85. The summed E-state index contributed by atoms with van der Waals surface area (Å²) >= 11 is 0. The smallest absolute Gasteiger partial charge is 0.328 e. The molecule has 0 aliphatic carbocycles. The number of ether oxygens (including phenoxy) is 2. The number of benzene rings is 1. The number of aromatic nitrogens is 2. The molecule has 104 valence electrons. The van der Waals surface area contributed by atoms with Crippen molar-refractivity contribution in [3.05, 3.63) is 50.2 Å². The highest BCUT2D eigenvalue weighted by atomic mass is 16.5. The normalized spacial score (nSPS) is 16.0. The van der Waals surface area contributed by atoms with Gasteiger partial charge in [-0.1, -0.05) is 19.1 Å². The molecule has 1 aliphatic heterocycles. The van der Waals surface area contributed by atoms with E-state index in [1.165, 1.54) is 0 Å². The maximum absolute atomic E-state index is 11.9. The van der Waals surface area contributed by atoms with Crippen molar-refractivity contribution in [2.45, 2.75) is 19.8 Å². The van der Waals surface area contributed by atoms with Crippen LogP contribution in [-0.2, 0) is 0 Å². The zero-order valence-corrected chi connectivity index (χ0v) is 11.1. The highest BCUT2D eigenvalue weighted by Gasteiger charge is 2.29. The zero-order valence-electron chi connectivity index (χ0n) is 11.1. The molecule has 1 aromatic carbocycles. The average molecular weight is 274 g/mol. The third kappa shape index (κ3) is 1.80. The van der Waals surface area contributed by atoms with E-state index in [1.807, 2.05) is 26.0 Å². The van der Waals surface area contributed by atoms with Crippen LogP contribution in [0, 0.1) is 0 Å². The summed E-state index contributed by atoms with van der Waals surface area (Å²) in [5.41, 5.74) is 0.272. The maximum atomic E-state index is 11.9. The minimum atomic E-state index is -0.585. The summed E-state index contributed by atoms with van der Waals surface area (Å²) in [5.74, 6) is 1.15. The molecule has 0 bridgehead atoms. The fourth-order valence-electron chi connectivity index (χ4n) is 2.46. The van der Waals surface area contributed by atoms with Crippen molar-refractivity contribution in [1.29, 1.82) is 0 Å². The molecule has 0 radical (unpaired) electrons. The molecule has 1 aliphatic rings. The zero-order chi connectivity index (χ0) is 14.3. The summed E-state index contributed by atoms with van der Waals surface area (Å²) in [6.07, 6.45) is 0. The van der Waals surface area contributed by atoms with Crippen molar-refractivity contribution in [3.8, 4) is 17.4 Å². The van der Waals surface area contributed by atoms with Gasteiger partial charge in [0.2, 0.25) is 5.88 Å². The second kappa shape index (κ2) is 4.56. The Labute approximate surface area is 114 Å². The van der Waals surface area contributed by atoms with Crippen molar-refractivity contribution in [1.82, 2.24) is 9.97 Å². The molecule has 0 fully saturated rings. The third-order valence-electron chi connectivity index (χ3n) is 3.36. The van der Waals surface area contributed by atoms with Crippen molar-refractivity contribution in [2.75, 3.05) is 6.61 Å². The van der Waals surface area contributed by atoms with Gasteiger partial charge in [0.25, 0.3) is 5.56 Å². The molecule has 3 rings (SSSR count). The van der Waals surface area contributed by atoms with Crippen molar-refractivity contribution >= 4 is 0 Å². The minimum Gasteiger partial charge on any atom is -0.490 e. The van der Waals surface area contributed by atoms with Gasteiger partial charge in [0, 0.05) is 11.5 Å². The number of hydrogen-bond donors (Lipinski definition) is 2. The van der Waals surface area contributed by atoms with Gasteiger partial charge in [-0.3, -0.25) is 14.8 Å². The van der Waals surface area contributed by atoms with Crippen LogP contribution in [0.1, 0.15) is 30.9 Å². The first-order chi connectivity index (χ1) is 9.61. The summed E-state index contributed by atoms with van der Waals surface area (Å²) in [6, 6.07) is 5.54. The Morgan fingerprint density at radius 1 is 1.30 bits per heavy atom. The van der Waals surface area contributed by atoms with Crippen LogP contribution >= 0.6 is 0 Å². The lowest BCUT2D eigenvalue weighted by atomic mass is 9.91. The van der Waals surface area contributed by atoms with E-state index in [0.717, 1.165) is 5.56 Å². The van der Waals surface area contributed by atoms with Crippen LogP contribution in [0.3, 0.4) is 0 Å². The first-order valence-corrected chi connectivity index (χ1v) is 6.42. The van der Waals surface area contributed by atoms with Gasteiger partial charge in [-0.05, 0) is 13.0 Å². The van der Waals surface area contributed by atoms with Crippen molar-refractivity contribution < 1.29 is 9.47 Å². The topological polar surface area (TPSA) is 84.2 Å². The Bertz CT molecular complexity index is 775. The number of fused-ring (bicyclic) bond motifs is 2.